The van der Waals surface area contributed by atoms with Gasteiger partial charge in [0.2, 0.25) is 5.95 Å². The van der Waals surface area contributed by atoms with E-state index in [1.165, 1.54) is 17.3 Å². The molecule has 2 N–H and O–H groups in total. The molecule has 0 amide bonds. The first-order valence-electron chi connectivity index (χ1n) is 5.86. The van der Waals surface area contributed by atoms with Gasteiger partial charge in [-0.3, -0.25) is 0 Å². The highest BCUT2D eigenvalue weighted by molar-refractivity contribution is 7.98. The van der Waals surface area contributed by atoms with Crippen molar-refractivity contribution in [3.8, 4) is 0 Å². The largest absolute Gasteiger partial charge is 0.368 e. The maximum absolute atomic E-state index is 5.76. The minimum absolute atomic E-state index is 0.0389. The van der Waals surface area contributed by atoms with Crippen molar-refractivity contribution in [1.82, 2.24) is 15.0 Å². The number of anilines is 1. The van der Waals surface area contributed by atoms with Crippen molar-refractivity contribution >= 4 is 17.7 Å². The molecule has 0 atom stereocenters. The molecule has 0 bridgehead atoms. The van der Waals surface area contributed by atoms with Crippen LogP contribution >= 0.6 is 11.8 Å². The number of aromatic nitrogens is 3. The zero-order chi connectivity index (χ0) is 12.6. The predicted molar refractivity (Wildman–Crippen MR) is 72.5 cm³/mol. The van der Waals surface area contributed by atoms with Gasteiger partial charge < -0.3 is 5.73 Å². The van der Waals surface area contributed by atoms with Crippen molar-refractivity contribution in [2.24, 2.45) is 0 Å². The van der Waals surface area contributed by atoms with Crippen LogP contribution in [-0.4, -0.2) is 21.2 Å². The minimum atomic E-state index is -0.0389. The number of hydrogen-bond acceptors (Lipinski definition) is 5. The first-order chi connectivity index (χ1) is 8.74. The van der Waals surface area contributed by atoms with Gasteiger partial charge in [-0.05, 0) is 24.7 Å². The predicted octanol–water partition coefficient (Wildman–Crippen LogP) is 2.26. The molecule has 1 saturated carbocycles. The first kappa shape index (κ1) is 11.5. The van der Waals surface area contributed by atoms with Crippen molar-refractivity contribution in [2.75, 3.05) is 12.0 Å². The quantitative estimate of drug-likeness (QED) is 0.855. The molecule has 1 aliphatic rings. The Bertz CT molecular complexity index is 566. The van der Waals surface area contributed by atoms with Crippen LogP contribution in [0, 0.1) is 0 Å². The lowest BCUT2D eigenvalue weighted by molar-refractivity contribution is 0.713. The second kappa shape index (κ2) is 4.24. The van der Waals surface area contributed by atoms with Crippen molar-refractivity contribution in [2.45, 2.75) is 23.4 Å². The molecule has 0 unspecified atom stereocenters. The fourth-order valence-corrected chi connectivity index (χ4v) is 2.56. The lowest BCUT2D eigenvalue weighted by Gasteiger charge is -2.14. The molecule has 18 heavy (non-hydrogen) atoms. The molecule has 0 aliphatic heterocycles. The van der Waals surface area contributed by atoms with Gasteiger partial charge in [0.15, 0.2) is 5.16 Å². The normalized spacial score (nSPS) is 16.5. The maximum atomic E-state index is 5.76. The topological polar surface area (TPSA) is 64.7 Å². The lowest BCUT2D eigenvalue weighted by atomic mass is 9.95. The van der Waals surface area contributed by atoms with Crippen LogP contribution in [0.3, 0.4) is 0 Å². The lowest BCUT2D eigenvalue weighted by Crippen LogP contribution is -2.16. The van der Waals surface area contributed by atoms with E-state index in [0.717, 1.165) is 18.7 Å². The molecule has 4 nitrogen and oxygen atoms in total. The number of hydrogen-bond donors (Lipinski definition) is 1. The van der Waals surface area contributed by atoms with E-state index in [-0.39, 0.29) is 5.41 Å². The number of benzene rings is 1. The maximum Gasteiger partial charge on any atom is 0.224 e. The van der Waals surface area contributed by atoms with E-state index in [4.69, 9.17) is 5.73 Å². The number of nitrogens with zero attached hydrogens (tertiary/aromatic N) is 3. The highest BCUT2D eigenvalue weighted by Gasteiger charge is 2.48. The molecule has 5 heteroatoms. The van der Waals surface area contributed by atoms with Crippen molar-refractivity contribution in [3.05, 3.63) is 41.7 Å². The fraction of sp³-hybridized carbons (Fsp3) is 0.308. The minimum Gasteiger partial charge on any atom is -0.368 e. The van der Waals surface area contributed by atoms with Crippen LogP contribution in [0.4, 0.5) is 5.95 Å². The molecule has 1 fully saturated rings. The molecule has 1 aromatic carbocycles. The fourth-order valence-electron chi connectivity index (χ4n) is 2.20. The Morgan fingerprint density at radius 3 is 2.44 bits per heavy atom. The SMILES string of the molecule is CSc1nc(N)nc(C2(c3ccccc3)CC2)n1. The van der Waals surface area contributed by atoms with Gasteiger partial charge in [-0.25, -0.2) is 4.98 Å². The molecule has 1 aliphatic carbocycles. The Morgan fingerprint density at radius 2 is 1.83 bits per heavy atom. The Kier molecular flexibility index (Phi) is 2.70. The van der Waals surface area contributed by atoms with Gasteiger partial charge in [0.1, 0.15) is 5.82 Å². The summed E-state index contributed by atoms with van der Waals surface area (Å²) in [7, 11) is 0. The van der Waals surface area contributed by atoms with Crippen LogP contribution in [0.25, 0.3) is 0 Å². The van der Waals surface area contributed by atoms with Gasteiger partial charge in [-0.2, -0.15) is 9.97 Å². The second-order valence-electron chi connectivity index (χ2n) is 4.45. The Hall–Kier alpha value is -1.62. The molecule has 0 spiro atoms. The average Bonchev–Trinajstić information content (AvgIpc) is 3.20. The van der Waals surface area contributed by atoms with Crippen LogP contribution in [0.5, 0.6) is 0 Å². The smallest absolute Gasteiger partial charge is 0.224 e. The first-order valence-corrected chi connectivity index (χ1v) is 7.09. The summed E-state index contributed by atoms with van der Waals surface area (Å²) in [5, 5.41) is 0.694. The third-order valence-electron chi connectivity index (χ3n) is 3.32. The number of nitrogen functional groups attached to an aromatic ring is 1. The van der Waals surface area contributed by atoms with Crippen LogP contribution < -0.4 is 5.73 Å². The summed E-state index contributed by atoms with van der Waals surface area (Å²) >= 11 is 1.49. The average molecular weight is 258 g/mol. The van der Waals surface area contributed by atoms with Crippen molar-refractivity contribution < 1.29 is 0 Å². The zero-order valence-corrected chi connectivity index (χ0v) is 10.9. The zero-order valence-electron chi connectivity index (χ0n) is 10.1. The molecule has 2 aromatic rings. The van der Waals surface area contributed by atoms with Crippen LogP contribution in [0.15, 0.2) is 35.5 Å². The summed E-state index contributed by atoms with van der Waals surface area (Å²) < 4.78 is 0. The summed E-state index contributed by atoms with van der Waals surface area (Å²) in [4.78, 5) is 13.0. The standard InChI is InChI=1S/C13H14N4S/c1-18-12-16-10(15-11(14)17-12)13(7-8-13)9-5-3-2-4-6-9/h2-6H,7-8H2,1H3,(H2,14,15,16,17). The van der Waals surface area contributed by atoms with E-state index in [2.05, 4.69) is 39.2 Å². The third kappa shape index (κ3) is 1.84. The highest BCUT2D eigenvalue weighted by atomic mass is 32.2. The van der Waals surface area contributed by atoms with Gasteiger partial charge >= 0.3 is 0 Å². The van der Waals surface area contributed by atoms with E-state index < -0.39 is 0 Å². The van der Waals surface area contributed by atoms with Crippen LogP contribution in [-0.2, 0) is 5.41 Å². The van der Waals surface area contributed by atoms with Gasteiger partial charge in [0.05, 0.1) is 5.41 Å². The summed E-state index contributed by atoms with van der Waals surface area (Å²) in [5.41, 5.74) is 6.99. The van der Waals surface area contributed by atoms with Crippen molar-refractivity contribution in [1.29, 1.82) is 0 Å². The van der Waals surface area contributed by atoms with E-state index in [1.54, 1.807) is 0 Å². The summed E-state index contributed by atoms with van der Waals surface area (Å²) in [5.74, 6) is 1.12. The summed E-state index contributed by atoms with van der Waals surface area (Å²) in [6, 6.07) is 10.4. The Morgan fingerprint density at radius 1 is 1.11 bits per heavy atom. The Labute approximate surface area is 110 Å². The molecular formula is C13H14N4S. The molecular weight excluding hydrogens is 244 g/mol. The van der Waals surface area contributed by atoms with E-state index in [9.17, 15) is 0 Å². The summed E-state index contributed by atoms with van der Waals surface area (Å²) in [6.45, 7) is 0. The monoisotopic (exact) mass is 258 g/mol. The highest BCUT2D eigenvalue weighted by Crippen LogP contribution is 2.52. The third-order valence-corrected chi connectivity index (χ3v) is 3.87. The second-order valence-corrected chi connectivity index (χ2v) is 5.23. The summed E-state index contributed by atoms with van der Waals surface area (Å²) in [6.07, 6.45) is 4.10. The van der Waals surface area contributed by atoms with Crippen LogP contribution in [0.1, 0.15) is 24.2 Å². The van der Waals surface area contributed by atoms with Gasteiger partial charge in [-0.1, -0.05) is 42.1 Å². The molecule has 0 radical (unpaired) electrons. The molecule has 1 aromatic heterocycles. The number of thioether (sulfide) groups is 1. The van der Waals surface area contributed by atoms with Crippen LogP contribution in [0.2, 0.25) is 0 Å². The van der Waals surface area contributed by atoms with E-state index in [1.807, 2.05) is 12.3 Å². The van der Waals surface area contributed by atoms with E-state index >= 15 is 0 Å². The molecule has 3 rings (SSSR count). The number of nitrogens with two attached hydrogens (primary N) is 1. The molecule has 1 heterocycles. The molecule has 0 saturated heterocycles. The van der Waals surface area contributed by atoms with Crippen molar-refractivity contribution in [3.63, 3.8) is 0 Å². The number of rotatable bonds is 3. The van der Waals surface area contributed by atoms with E-state index in [0.29, 0.717) is 11.1 Å². The Balaban J connectivity index is 2.07. The molecule has 92 valence electrons. The van der Waals surface area contributed by atoms with Gasteiger partial charge in [0, 0.05) is 0 Å². The van der Waals surface area contributed by atoms with Gasteiger partial charge in [-0.15, -0.1) is 0 Å². The van der Waals surface area contributed by atoms with Gasteiger partial charge in [0.25, 0.3) is 0 Å².